The molecule has 1 saturated heterocycles. The van der Waals surface area contributed by atoms with E-state index in [2.05, 4.69) is 29.2 Å². The molecule has 0 atom stereocenters. The molecule has 2 aromatic heterocycles. The Bertz CT molecular complexity index is 1550. The lowest BCUT2D eigenvalue weighted by Gasteiger charge is -2.34. The molecule has 0 saturated carbocycles. The average molecular weight is 500 g/mol. The molecule has 3 heterocycles. The SMILES string of the molecule is O=C(c1cc(-c2ccccc2)nc2cc(-c3ccccc3)nn12)N1CCN(C/C=C/c2ccccc2)CC1. The van der Waals surface area contributed by atoms with E-state index in [1.807, 2.05) is 95.9 Å². The largest absolute Gasteiger partial charge is 0.335 e. The van der Waals surface area contributed by atoms with Gasteiger partial charge in [0.15, 0.2) is 5.65 Å². The van der Waals surface area contributed by atoms with Crippen LogP contribution in [0.15, 0.2) is 109 Å². The molecule has 6 heteroatoms. The highest BCUT2D eigenvalue weighted by Crippen LogP contribution is 2.25. The maximum absolute atomic E-state index is 13.9. The van der Waals surface area contributed by atoms with E-state index < -0.39 is 0 Å². The number of carbonyl (C=O) groups is 1. The normalized spacial score (nSPS) is 14.4. The molecule has 0 spiro atoms. The lowest BCUT2D eigenvalue weighted by Crippen LogP contribution is -2.49. The van der Waals surface area contributed by atoms with Crippen LogP contribution in [0.5, 0.6) is 0 Å². The van der Waals surface area contributed by atoms with E-state index in [1.165, 1.54) is 5.56 Å². The standard InChI is InChI=1S/C32H29N5O/c38-32(36-21-19-35(20-22-36)18-10-13-25-11-4-1-5-12-25)30-23-28(26-14-6-2-7-15-26)33-31-24-29(34-37(30)31)27-16-8-3-9-17-27/h1-17,23-24H,18-22H2/b13-10+. The fourth-order valence-electron chi connectivity index (χ4n) is 4.83. The number of carbonyl (C=O) groups excluding carboxylic acids is 1. The molecule has 0 bridgehead atoms. The fourth-order valence-corrected chi connectivity index (χ4v) is 4.83. The highest BCUT2D eigenvalue weighted by molar-refractivity contribution is 5.94. The van der Waals surface area contributed by atoms with Crippen LogP contribution in [0, 0.1) is 0 Å². The van der Waals surface area contributed by atoms with Crippen LogP contribution >= 0.6 is 0 Å². The van der Waals surface area contributed by atoms with E-state index in [-0.39, 0.29) is 5.91 Å². The minimum Gasteiger partial charge on any atom is -0.335 e. The van der Waals surface area contributed by atoms with E-state index in [4.69, 9.17) is 10.1 Å². The molecule has 5 aromatic rings. The first-order valence-corrected chi connectivity index (χ1v) is 13.0. The Balaban J connectivity index is 1.25. The Morgan fingerprint density at radius 1 is 0.737 bits per heavy atom. The van der Waals surface area contributed by atoms with Crippen molar-refractivity contribution in [2.45, 2.75) is 0 Å². The van der Waals surface area contributed by atoms with Gasteiger partial charge in [0.25, 0.3) is 5.91 Å². The van der Waals surface area contributed by atoms with Gasteiger partial charge < -0.3 is 4.90 Å². The molecule has 38 heavy (non-hydrogen) atoms. The topological polar surface area (TPSA) is 53.7 Å². The summed E-state index contributed by atoms with van der Waals surface area (Å²) in [6, 6.07) is 34.1. The lowest BCUT2D eigenvalue weighted by molar-refractivity contribution is 0.0641. The quantitative estimate of drug-likeness (QED) is 0.308. The zero-order valence-electron chi connectivity index (χ0n) is 21.1. The van der Waals surface area contributed by atoms with Gasteiger partial charge >= 0.3 is 0 Å². The highest BCUT2D eigenvalue weighted by atomic mass is 16.2. The number of nitrogens with zero attached hydrogens (tertiary/aromatic N) is 5. The van der Waals surface area contributed by atoms with Crippen molar-refractivity contribution in [1.29, 1.82) is 0 Å². The number of benzene rings is 3. The summed E-state index contributed by atoms with van der Waals surface area (Å²) >= 11 is 0. The van der Waals surface area contributed by atoms with E-state index in [0.717, 1.165) is 42.1 Å². The third kappa shape index (κ3) is 5.12. The molecule has 0 radical (unpaired) electrons. The number of piperazine rings is 1. The fraction of sp³-hybridized carbons (Fsp3) is 0.156. The van der Waals surface area contributed by atoms with Crippen LogP contribution in [0.25, 0.3) is 34.2 Å². The van der Waals surface area contributed by atoms with Crippen LogP contribution in [0.1, 0.15) is 16.1 Å². The molecule has 1 amide bonds. The van der Waals surface area contributed by atoms with Gasteiger partial charge in [0.2, 0.25) is 0 Å². The Morgan fingerprint density at radius 3 is 2.00 bits per heavy atom. The van der Waals surface area contributed by atoms with Crippen molar-refractivity contribution in [3.8, 4) is 22.5 Å². The Hall–Kier alpha value is -4.55. The predicted octanol–water partition coefficient (Wildman–Crippen LogP) is 5.53. The van der Waals surface area contributed by atoms with Crippen LogP contribution in [-0.4, -0.2) is 63.0 Å². The summed E-state index contributed by atoms with van der Waals surface area (Å²) in [6.07, 6.45) is 4.35. The molecular formula is C32H29N5O. The molecular weight excluding hydrogens is 470 g/mol. The second-order valence-electron chi connectivity index (χ2n) is 9.46. The molecule has 3 aromatic carbocycles. The number of hydrogen-bond acceptors (Lipinski definition) is 4. The van der Waals surface area contributed by atoms with E-state index in [9.17, 15) is 4.79 Å². The van der Waals surface area contributed by atoms with E-state index in [1.54, 1.807) is 4.52 Å². The van der Waals surface area contributed by atoms with E-state index >= 15 is 0 Å². The summed E-state index contributed by atoms with van der Waals surface area (Å²) < 4.78 is 1.70. The first-order chi connectivity index (χ1) is 18.7. The first kappa shape index (κ1) is 23.8. The van der Waals surface area contributed by atoms with Crippen molar-refractivity contribution in [3.05, 3.63) is 120 Å². The summed E-state index contributed by atoms with van der Waals surface area (Å²) in [5, 5.41) is 4.80. The Morgan fingerprint density at radius 2 is 1.34 bits per heavy atom. The van der Waals surface area contributed by atoms with Crippen LogP contribution < -0.4 is 0 Å². The van der Waals surface area contributed by atoms with Crippen molar-refractivity contribution in [2.75, 3.05) is 32.7 Å². The van der Waals surface area contributed by atoms with E-state index in [0.29, 0.717) is 24.4 Å². The highest BCUT2D eigenvalue weighted by Gasteiger charge is 2.25. The van der Waals surface area contributed by atoms with Crippen LogP contribution in [0.2, 0.25) is 0 Å². The molecule has 188 valence electrons. The summed E-state index contributed by atoms with van der Waals surface area (Å²) in [5.74, 6) is -0.0169. The number of aromatic nitrogens is 3. The second-order valence-corrected chi connectivity index (χ2v) is 9.46. The molecule has 1 fully saturated rings. The summed E-state index contributed by atoms with van der Waals surface area (Å²) in [4.78, 5) is 23.0. The van der Waals surface area contributed by atoms with Gasteiger partial charge in [-0.1, -0.05) is 103 Å². The molecule has 6 rings (SSSR count). The monoisotopic (exact) mass is 499 g/mol. The van der Waals surface area contributed by atoms with Gasteiger partial charge in [-0.2, -0.15) is 5.10 Å². The maximum atomic E-state index is 13.9. The zero-order chi connectivity index (χ0) is 25.7. The zero-order valence-corrected chi connectivity index (χ0v) is 21.1. The molecule has 1 aliphatic heterocycles. The second kappa shape index (κ2) is 10.8. The lowest BCUT2D eigenvalue weighted by atomic mass is 10.1. The minimum absolute atomic E-state index is 0.0169. The third-order valence-electron chi connectivity index (χ3n) is 6.92. The third-order valence-corrected chi connectivity index (χ3v) is 6.92. The Kier molecular flexibility index (Phi) is 6.79. The molecule has 0 N–H and O–H groups in total. The number of hydrogen-bond donors (Lipinski definition) is 0. The number of amides is 1. The summed E-state index contributed by atoms with van der Waals surface area (Å²) in [5.41, 5.74) is 5.94. The maximum Gasteiger partial charge on any atom is 0.272 e. The Labute approximate surface area is 222 Å². The van der Waals surface area contributed by atoms with Crippen molar-refractivity contribution < 1.29 is 4.79 Å². The number of rotatable bonds is 6. The van der Waals surface area contributed by atoms with Crippen LogP contribution in [0.3, 0.4) is 0 Å². The minimum atomic E-state index is -0.0169. The average Bonchev–Trinajstić information content (AvgIpc) is 3.43. The predicted molar refractivity (Wildman–Crippen MR) is 152 cm³/mol. The summed E-state index contributed by atoms with van der Waals surface area (Å²) in [6.45, 7) is 3.89. The van der Waals surface area contributed by atoms with Crippen LogP contribution in [-0.2, 0) is 0 Å². The van der Waals surface area contributed by atoms with Crippen molar-refractivity contribution in [2.24, 2.45) is 0 Å². The van der Waals surface area contributed by atoms with Crippen molar-refractivity contribution in [3.63, 3.8) is 0 Å². The number of fused-ring (bicyclic) bond motifs is 1. The van der Waals surface area contributed by atoms with Gasteiger partial charge in [0, 0.05) is 49.9 Å². The van der Waals surface area contributed by atoms with Gasteiger partial charge in [-0.05, 0) is 11.6 Å². The van der Waals surface area contributed by atoms with Gasteiger partial charge in [0.05, 0.1) is 11.4 Å². The van der Waals surface area contributed by atoms with Gasteiger partial charge in [-0.15, -0.1) is 0 Å². The van der Waals surface area contributed by atoms with Gasteiger partial charge in [-0.25, -0.2) is 9.50 Å². The van der Waals surface area contributed by atoms with Crippen molar-refractivity contribution in [1.82, 2.24) is 24.4 Å². The summed E-state index contributed by atoms with van der Waals surface area (Å²) in [7, 11) is 0. The molecule has 6 nitrogen and oxygen atoms in total. The molecule has 1 aliphatic rings. The van der Waals surface area contributed by atoms with Gasteiger partial charge in [0.1, 0.15) is 5.69 Å². The van der Waals surface area contributed by atoms with Crippen molar-refractivity contribution >= 4 is 17.6 Å². The van der Waals surface area contributed by atoms with Gasteiger partial charge in [-0.3, -0.25) is 9.69 Å². The smallest absolute Gasteiger partial charge is 0.272 e. The first-order valence-electron chi connectivity index (χ1n) is 13.0. The molecule has 0 unspecified atom stereocenters. The molecule has 0 aliphatic carbocycles. The van der Waals surface area contributed by atoms with Crippen LogP contribution in [0.4, 0.5) is 0 Å².